The van der Waals surface area contributed by atoms with Gasteiger partial charge in [-0.15, -0.1) is 10.2 Å². The van der Waals surface area contributed by atoms with E-state index in [2.05, 4.69) is 20.3 Å². The molecule has 0 saturated carbocycles. The van der Waals surface area contributed by atoms with E-state index in [1.54, 1.807) is 18.1 Å². The molecule has 7 nitrogen and oxygen atoms in total. The first-order chi connectivity index (χ1) is 10.8. The first kappa shape index (κ1) is 14.7. The Hall–Kier alpha value is -2.19. The summed E-state index contributed by atoms with van der Waals surface area (Å²) in [4.78, 5) is 3.87. The number of aromatic nitrogens is 5. The summed E-state index contributed by atoms with van der Waals surface area (Å²) in [5.41, 5.74) is 1.12. The van der Waals surface area contributed by atoms with Gasteiger partial charge in [0.15, 0.2) is 0 Å². The van der Waals surface area contributed by atoms with Crippen LogP contribution in [0, 0.1) is 0 Å². The Bertz CT molecular complexity index is 686. The maximum Gasteiger partial charge on any atom is 0.276 e. The summed E-state index contributed by atoms with van der Waals surface area (Å²) in [7, 11) is 1.70. The van der Waals surface area contributed by atoms with Crippen LogP contribution in [0.3, 0.4) is 0 Å². The maximum atomic E-state index is 5.58. The van der Waals surface area contributed by atoms with Gasteiger partial charge in [0.25, 0.3) is 5.22 Å². The van der Waals surface area contributed by atoms with Crippen LogP contribution in [-0.2, 0) is 11.3 Å². The van der Waals surface area contributed by atoms with Crippen LogP contribution in [0.1, 0.15) is 17.6 Å². The molecule has 8 heteroatoms. The summed E-state index contributed by atoms with van der Waals surface area (Å²) in [5, 5.41) is 12.5. The van der Waals surface area contributed by atoms with E-state index in [1.165, 1.54) is 18.1 Å². The normalized spacial score (nSPS) is 12.4. The summed E-state index contributed by atoms with van der Waals surface area (Å²) < 4.78 is 12.7. The second kappa shape index (κ2) is 7.19. The minimum atomic E-state index is -0.0168. The fraction of sp³-hybridized carbons (Fsp3) is 0.286. The molecule has 0 N–H and O–H groups in total. The van der Waals surface area contributed by atoms with Crippen LogP contribution >= 0.6 is 11.8 Å². The summed E-state index contributed by atoms with van der Waals surface area (Å²) >= 11 is 1.47. The Labute approximate surface area is 131 Å². The van der Waals surface area contributed by atoms with Gasteiger partial charge in [0.2, 0.25) is 5.89 Å². The molecule has 3 aromatic rings. The Kier molecular flexibility index (Phi) is 4.81. The van der Waals surface area contributed by atoms with Gasteiger partial charge in [-0.05, 0) is 5.56 Å². The number of rotatable bonds is 7. The van der Waals surface area contributed by atoms with E-state index in [0.717, 1.165) is 5.56 Å². The second-order valence-electron chi connectivity index (χ2n) is 4.50. The van der Waals surface area contributed by atoms with Crippen LogP contribution in [-0.4, -0.2) is 37.8 Å². The van der Waals surface area contributed by atoms with Crippen molar-refractivity contribution in [3.8, 4) is 0 Å². The van der Waals surface area contributed by atoms with Crippen LogP contribution in [0.2, 0.25) is 0 Å². The Morgan fingerprint density at radius 2 is 2.14 bits per heavy atom. The third-order valence-electron chi connectivity index (χ3n) is 3.03. The molecule has 0 saturated heterocycles. The molecule has 0 spiro atoms. The smallest absolute Gasteiger partial charge is 0.276 e. The predicted molar refractivity (Wildman–Crippen MR) is 80.3 cm³/mol. The van der Waals surface area contributed by atoms with Gasteiger partial charge in [-0.3, -0.25) is 0 Å². The largest absolute Gasteiger partial charge is 0.414 e. The van der Waals surface area contributed by atoms with Crippen LogP contribution in [0.15, 0.2) is 52.6 Å². The molecular formula is C14H15N5O2S. The molecule has 0 aliphatic rings. The van der Waals surface area contributed by atoms with Crippen molar-refractivity contribution in [2.45, 2.75) is 17.9 Å². The molecular weight excluding hydrogens is 302 g/mol. The van der Waals surface area contributed by atoms with Gasteiger partial charge in [0.1, 0.15) is 19.2 Å². The number of hydrogen-bond acceptors (Lipinski definition) is 7. The van der Waals surface area contributed by atoms with Gasteiger partial charge in [0, 0.05) is 12.9 Å². The molecule has 1 aromatic carbocycles. The van der Waals surface area contributed by atoms with E-state index in [4.69, 9.17) is 9.15 Å². The van der Waals surface area contributed by atoms with Gasteiger partial charge in [-0.25, -0.2) is 9.67 Å². The molecule has 2 heterocycles. The van der Waals surface area contributed by atoms with Crippen molar-refractivity contribution in [3.05, 3.63) is 54.4 Å². The third-order valence-corrected chi connectivity index (χ3v) is 3.91. The average Bonchev–Trinajstić information content (AvgIpc) is 3.22. The fourth-order valence-corrected chi connectivity index (χ4v) is 2.80. The summed E-state index contributed by atoms with van der Waals surface area (Å²) in [5.74, 6) is 1.20. The maximum absolute atomic E-state index is 5.58. The zero-order chi connectivity index (χ0) is 15.2. The minimum absolute atomic E-state index is 0.0168. The molecule has 0 aliphatic carbocycles. The number of methoxy groups -OCH3 is 1. The lowest BCUT2D eigenvalue weighted by molar-refractivity contribution is 0.123. The van der Waals surface area contributed by atoms with Crippen LogP contribution in [0.25, 0.3) is 0 Å². The zero-order valence-corrected chi connectivity index (χ0v) is 12.8. The number of hydrogen-bond donors (Lipinski definition) is 0. The third kappa shape index (κ3) is 3.71. The van der Waals surface area contributed by atoms with E-state index < -0.39 is 0 Å². The topological polar surface area (TPSA) is 78.9 Å². The zero-order valence-electron chi connectivity index (χ0n) is 12.0. The van der Waals surface area contributed by atoms with Crippen molar-refractivity contribution in [1.82, 2.24) is 25.0 Å². The first-order valence-electron chi connectivity index (χ1n) is 6.70. The summed E-state index contributed by atoms with van der Waals surface area (Å²) in [6.07, 6.45) is 3.06. The fourth-order valence-electron chi connectivity index (χ4n) is 1.93. The van der Waals surface area contributed by atoms with Gasteiger partial charge >= 0.3 is 0 Å². The van der Waals surface area contributed by atoms with Crippen molar-refractivity contribution in [2.75, 3.05) is 12.9 Å². The molecule has 1 atom stereocenters. The molecule has 0 aliphatic heterocycles. The number of thioether (sulfide) groups is 1. The second-order valence-corrected chi connectivity index (χ2v) is 5.47. The van der Waals surface area contributed by atoms with Crippen molar-refractivity contribution >= 4 is 11.8 Å². The van der Waals surface area contributed by atoms with Crippen molar-refractivity contribution in [2.24, 2.45) is 0 Å². The van der Waals surface area contributed by atoms with E-state index in [-0.39, 0.29) is 6.10 Å². The number of nitrogens with zero attached hydrogens (tertiary/aromatic N) is 5. The van der Waals surface area contributed by atoms with Crippen molar-refractivity contribution in [1.29, 1.82) is 0 Å². The summed E-state index contributed by atoms with van der Waals surface area (Å²) in [6.45, 7) is 0.417. The van der Waals surface area contributed by atoms with Crippen molar-refractivity contribution < 1.29 is 9.15 Å². The van der Waals surface area contributed by atoms with Gasteiger partial charge < -0.3 is 9.15 Å². The number of benzene rings is 1. The predicted octanol–water partition coefficient (Wildman–Crippen LogP) is 2.19. The Balaban J connectivity index is 1.58. The lowest BCUT2D eigenvalue weighted by atomic mass is 10.1. The average molecular weight is 317 g/mol. The lowest BCUT2D eigenvalue weighted by Gasteiger charge is -2.13. The molecule has 3 rings (SSSR count). The summed E-state index contributed by atoms with van der Waals surface area (Å²) in [6, 6.07) is 10.1. The first-order valence-corrected chi connectivity index (χ1v) is 7.69. The highest BCUT2D eigenvalue weighted by Crippen LogP contribution is 2.26. The molecule has 2 aromatic heterocycles. The van der Waals surface area contributed by atoms with Crippen LogP contribution in [0.5, 0.6) is 0 Å². The van der Waals surface area contributed by atoms with Crippen molar-refractivity contribution in [3.63, 3.8) is 0 Å². The molecule has 1 unspecified atom stereocenters. The standard InChI is InChI=1S/C14H15N5O2S/c1-20-12(11-5-3-2-4-6-11)8-22-14-18-17-13(21-14)7-19-10-15-9-16-19/h2-6,9-10,12H,7-8H2,1H3. The minimum Gasteiger partial charge on any atom is -0.414 e. The SMILES string of the molecule is COC(CSc1nnc(Cn2cncn2)o1)c1ccccc1. The lowest BCUT2D eigenvalue weighted by Crippen LogP contribution is -2.04. The van der Waals surface area contributed by atoms with Gasteiger partial charge in [0.05, 0.1) is 6.10 Å². The highest BCUT2D eigenvalue weighted by atomic mass is 32.2. The monoisotopic (exact) mass is 317 g/mol. The molecule has 0 radical (unpaired) electrons. The van der Waals surface area contributed by atoms with Gasteiger partial charge in [-0.2, -0.15) is 5.10 Å². The highest BCUT2D eigenvalue weighted by molar-refractivity contribution is 7.99. The molecule has 0 amide bonds. The van der Waals surface area contributed by atoms with E-state index in [0.29, 0.717) is 23.4 Å². The van der Waals surface area contributed by atoms with E-state index in [1.807, 2.05) is 30.3 Å². The molecule has 0 fully saturated rings. The molecule has 22 heavy (non-hydrogen) atoms. The Morgan fingerprint density at radius 3 is 2.86 bits per heavy atom. The van der Waals surface area contributed by atoms with Crippen LogP contribution in [0.4, 0.5) is 0 Å². The Morgan fingerprint density at radius 1 is 1.27 bits per heavy atom. The van der Waals surface area contributed by atoms with Crippen LogP contribution < -0.4 is 0 Å². The molecule has 114 valence electrons. The van der Waals surface area contributed by atoms with E-state index in [9.17, 15) is 0 Å². The quantitative estimate of drug-likeness (QED) is 0.618. The highest BCUT2D eigenvalue weighted by Gasteiger charge is 2.14. The molecule has 0 bridgehead atoms. The number of ether oxygens (including phenoxy) is 1. The van der Waals surface area contributed by atoms with Gasteiger partial charge in [-0.1, -0.05) is 42.1 Å². The van der Waals surface area contributed by atoms with E-state index >= 15 is 0 Å².